The van der Waals surface area contributed by atoms with Gasteiger partial charge in [0, 0.05) is 11.6 Å². The summed E-state index contributed by atoms with van der Waals surface area (Å²) in [6, 6.07) is 7.35. The summed E-state index contributed by atoms with van der Waals surface area (Å²) in [5, 5.41) is 11.0. The molecule has 0 spiro atoms. The van der Waals surface area contributed by atoms with Crippen LogP contribution in [0.1, 0.15) is 18.6 Å². The molecule has 1 aromatic carbocycles. The number of aromatic nitrogens is 1. The number of rotatable bonds is 1. The van der Waals surface area contributed by atoms with Gasteiger partial charge in [-0.1, -0.05) is 23.7 Å². The van der Waals surface area contributed by atoms with Gasteiger partial charge < -0.3 is 5.11 Å². The van der Waals surface area contributed by atoms with Crippen molar-refractivity contribution in [2.24, 2.45) is 0 Å². The van der Waals surface area contributed by atoms with Gasteiger partial charge in [-0.05, 0) is 24.6 Å². The van der Waals surface area contributed by atoms with Gasteiger partial charge in [0.2, 0.25) is 0 Å². The van der Waals surface area contributed by atoms with Crippen LogP contribution in [0.4, 0.5) is 0 Å². The highest BCUT2D eigenvalue weighted by atomic mass is 35.5. The molecule has 0 saturated carbocycles. The molecule has 0 amide bonds. The zero-order chi connectivity index (χ0) is 10.1. The van der Waals surface area contributed by atoms with Crippen LogP contribution in [0, 0.1) is 0 Å². The van der Waals surface area contributed by atoms with E-state index in [-0.39, 0.29) is 0 Å². The molecule has 0 aliphatic carbocycles. The molecule has 1 N–H and O–H groups in total. The summed E-state index contributed by atoms with van der Waals surface area (Å²) in [5.74, 6) is 0. The first-order chi connectivity index (χ1) is 6.68. The third-order valence-electron chi connectivity index (χ3n) is 2.20. The van der Waals surface area contributed by atoms with Crippen LogP contribution in [0.3, 0.4) is 0 Å². The fourth-order valence-corrected chi connectivity index (χ4v) is 1.61. The Morgan fingerprint density at radius 2 is 2.14 bits per heavy atom. The molecule has 1 heterocycles. The van der Waals surface area contributed by atoms with Crippen LogP contribution < -0.4 is 0 Å². The second-order valence-corrected chi connectivity index (χ2v) is 3.65. The lowest BCUT2D eigenvalue weighted by Crippen LogP contribution is -1.91. The molecule has 2 aromatic rings. The molecule has 0 radical (unpaired) electrons. The van der Waals surface area contributed by atoms with E-state index in [0.29, 0.717) is 5.02 Å². The van der Waals surface area contributed by atoms with Crippen LogP contribution in [0.15, 0.2) is 30.5 Å². The van der Waals surface area contributed by atoms with E-state index >= 15 is 0 Å². The quantitative estimate of drug-likeness (QED) is 0.780. The highest BCUT2D eigenvalue weighted by Gasteiger charge is 2.04. The fraction of sp³-hybridized carbons (Fsp3) is 0.182. The molecule has 1 atom stereocenters. The Kier molecular flexibility index (Phi) is 2.40. The van der Waals surface area contributed by atoms with Crippen LogP contribution in [0.2, 0.25) is 5.02 Å². The monoisotopic (exact) mass is 207 g/mol. The average Bonchev–Trinajstić information content (AvgIpc) is 2.17. The minimum Gasteiger partial charge on any atom is -0.389 e. The van der Waals surface area contributed by atoms with Gasteiger partial charge in [0.05, 0.1) is 16.6 Å². The second-order valence-electron chi connectivity index (χ2n) is 3.25. The normalized spacial score (nSPS) is 13.1. The third kappa shape index (κ3) is 1.59. The predicted octanol–water partition coefficient (Wildman–Crippen LogP) is 2.94. The highest BCUT2D eigenvalue weighted by Crippen LogP contribution is 2.24. The summed E-state index contributed by atoms with van der Waals surface area (Å²) in [6.07, 6.45) is 1.19. The smallest absolute Gasteiger partial charge is 0.0762 e. The summed E-state index contributed by atoms with van der Waals surface area (Å²) >= 11 is 5.99. The first-order valence-corrected chi connectivity index (χ1v) is 4.78. The van der Waals surface area contributed by atoms with E-state index in [1.165, 1.54) is 0 Å². The van der Waals surface area contributed by atoms with Crippen molar-refractivity contribution in [1.82, 2.24) is 4.98 Å². The largest absolute Gasteiger partial charge is 0.389 e. The number of hydrogen-bond donors (Lipinski definition) is 1. The van der Waals surface area contributed by atoms with Gasteiger partial charge >= 0.3 is 0 Å². The first-order valence-electron chi connectivity index (χ1n) is 4.41. The van der Waals surface area contributed by atoms with Crippen molar-refractivity contribution in [2.75, 3.05) is 0 Å². The molecule has 3 heteroatoms. The van der Waals surface area contributed by atoms with E-state index < -0.39 is 6.10 Å². The summed E-state index contributed by atoms with van der Waals surface area (Å²) < 4.78 is 0. The van der Waals surface area contributed by atoms with Crippen molar-refractivity contribution < 1.29 is 5.11 Å². The highest BCUT2D eigenvalue weighted by molar-refractivity contribution is 6.35. The number of aliphatic hydroxyl groups excluding tert-OH is 1. The molecule has 0 fully saturated rings. The minimum absolute atomic E-state index is 0.472. The Balaban J connectivity index is 2.67. The van der Waals surface area contributed by atoms with E-state index in [0.717, 1.165) is 16.5 Å². The van der Waals surface area contributed by atoms with Gasteiger partial charge in [-0.3, -0.25) is 4.98 Å². The summed E-state index contributed by atoms with van der Waals surface area (Å²) in [4.78, 5) is 4.19. The summed E-state index contributed by atoms with van der Waals surface area (Å²) in [7, 11) is 0. The number of fused-ring (bicyclic) bond motifs is 1. The maximum atomic E-state index is 9.39. The van der Waals surface area contributed by atoms with Crippen molar-refractivity contribution in [1.29, 1.82) is 0 Å². The standard InChI is InChI=1S/C11H10ClNO/c1-7(14)8-2-3-9-10(12)4-5-13-11(9)6-8/h2-7,14H,1H3. The number of nitrogens with zero attached hydrogens (tertiary/aromatic N) is 1. The van der Waals surface area contributed by atoms with Gasteiger partial charge in [0.15, 0.2) is 0 Å². The number of halogens is 1. The first kappa shape index (κ1) is 9.44. The Bertz CT molecular complexity index is 468. The molecule has 1 unspecified atom stereocenters. The zero-order valence-electron chi connectivity index (χ0n) is 7.74. The number of pyridine rings is 1. The SMILES string of the molecule is CC(O)c1ccc2c(Cl)ccnc2c1. The minimum atomic E-state index is -0.472. The lowest BCUT2D eigenvalue weighted by molar-refractivity contribution is 0.199. The number of benzene rings is 1. The molecule has 1 aromatic heterocycles. The van der Waals surface area contributed by atoms with Crippen molar-refractivity contribution in [3.05, 3.63) is 41.0 Å². The van der Waals surface area contributed by atoms with Gasteiger partial charge in [0.25, 0.3) is 0 Å². The van der Waals surface area contributed by atoms with Crippen LogP contribution >= 0.6 is 11.6 Å². The lowest BCUT2D eigenvalue weighted by atomic mass is 10.1. The van der Waals surface area contributed by atoms with E-state index in [1.807, 2.05) is 18.2 Å². The van der Waals surface area contributed by atoms with E-state index in [1.54, 1.807) is 19.2 Å². The number of aliphatic hydroxyl groups is 1. The summed E-state index contributed by atoms with van der Waals surface area (Å²) in [5.41, 5.74) is 1.67. The Morgan fingerprint density at radius 1 is 1.36 bits per heavy atom. The summed E-state index contributed by atoms with van der Waals surface area (Å²) in [6.45, 7) is 1.73. The topological polar surface area (TPSA) is 33.1 Å². The molecule has 0 saturated heterocycles. The molecule has 0 aliphatic rings. The molecule has 0 bridgehead atoms. The van der Waals surface area contributed by atoms with Crippen LogP contribution in [0.5, 0.6) is 0 Å². The van der Waals surface area contributed by atoms with Gasteiger partial charge in [-0.25, -0.2) is 0 Å². The second kappa shape index (κ2) is 3.56. The van der Waals surface area contributed by atoms with Crippen LogP contribution in [-0.2, 0) is 0 Å². The van der Waals surface area contributed by atoms with Crippen LogP contribution in [0.25, 0.3) is 10.9 Å². The van der Waals surface area contributed by atoms with Crippen molar-refractivity contribution >= 4 is 22.5 Å². The van der Waals surface area contributed by atoms with Gasteiger partial charge in [-0.2, -0.15) is 0 Å². The Hall–Kier alpha value is -1.12. The predicted molar refractivity (Wildman–Crippen MR) is 57.4 cm³/mol. The van der Waals surface area contributed by atoms with Gasteiger partial charge in [-0.15, -0.1) is 0 Å². The van der Waals surface area contributed by atoms with Crippen molar-refractivity contribution in [3.8, 4) is 0 Å². The Labute approximate surface area is 87.2 Å². The molecule has 14 heavy (non-hydrogen) atoms. The van der Waals surface area contributed by atoms with E-state index in [4.69, 9.17) is 11.6 Å². The van der Waals surface area contributed by atoms with Gasteiger partial charge in [0.1, 0.15) is 0 Å². The van der Waals surface area contributed by atoms with Crippen molar-refractivity contribution in [3.63, 3.8) is 0 Å². The molecular formula is C11H10ClNO. The third-order valence-corrected chi connectivity index (χ3v) is 2.53. The fourth-order valence-electron chi connectivity index (χ4n) is 1.39. The molecule has 2 nitrogen and oxygen atoms in total. The lowest BCUT2D eigenvalue weighted by Gasteiger charge is -2.06. The van der Waals surface area contributed by atoms with Crippen LogP contribution in [-0.4, -0.2) is 10.1 Å². The molecular weight excluding hydrogens is 198 g/mol. The average molecular weight is 208 g/mol. The van der Waals surface area contributed by atoms with Crippen molar-refractivity contribution in [2.45, 2.75) is 13.0 Å². The molecule has 72 valence electrons. The van der Waals surface area contributed by atoms with E-state index in [9.17, 15) is 5.11 Å². The molecule has 2 rings (SSSR count). The Morgan fingerprint density at radius 3 is 2.86 bits per heavy atom. The van der Waals surface area contributed by atoms with E-state index in [2.05, 4.69) is 4.98 Å². The maximum Gasteiger partial charge on any atom is 0.0762 e. The zero-order valence-corrected chi connectivity index (χ0v) is 8.49. The molecule has 0 aliphatic heterocycles. The number of hydrogen-bond acceptors (Lipinski definition) is 2. The maximum absolute atomic E-state index is 9.39.